The van der Waals surface area contributed by atoms with Gasteiger partial charge in [-0.25, -0.2) is 12.8 Å². The minimum atomic E-state index is -3.58. The van der Waals surface area contributed by atoms with Crippen molar-refractivity contribution < 1.29 is 22.3 Å². The van der Waals surface area contributed by atoms with Crippen LogP contribution in [0.3, 0.4) is 0 Å². The van der Waals surface area contributed by atoms with E-state index in [4.69, 9.17) is 10.5 Å². The number of piperazine rings is 1. The molecule has 2 unspecified atom stereocenters. The molecule has 0 aromatic heterocycles. The maximum atomic E-state index is 13.9. The highest BCUT2D eigenvalue weighted by molar-refractivity contribution is 7.91. The van der Waals surface area contributed by atoms with Crippen LogP contribution >= 0.6 is 0 Å². The lowest BCUT2D eigenvalue weighted by Crippen LogP contribution is -2.49. The molecule has 9 heteroatoms. The number of carbonyl (C=O) groups excluding carboxylic acids is 1. The van der Waals surface area contributed by atoms with Gasteiger partial charge >= 0.3 is 0 Å². The van der Waals surface area contributed by atoms with Crippen LogP contribution in [0.4, 0.5) is 15.8 Å². The lowest BCUT2D eigenvalue weighted by molar-refractivity contribution is 0.103. The van der Waals surface area contributed by atoms with E-state index in [-0.39, 0.29) is 28.6 Å². The van der Waals surface area contributed by atoms with Crippen LogP contribution < -0.4 is 10.6 Å². The quantitative estimate of drug-likeness (QED) is 0.273. The summed E-state index contributed by atoms with van der Waals surface area (Å²) in [5.74, 6) is -0.753. The van der Waals surface area contributed by atoms with Crippen molar-refractivity contribution >= 4 is 27.0 Å². The van der Waals surface area contributed by atoms with Gasteiger partial charge < -0.3 is 15.4 Å². The number of sulfone groups is 1. The third-order valence-electron chi connectivity index (χ3n) is 7.07. The van der Waals surface area contributed by atoms with Crippen LogP contribution in [0.25, 0.3) is 0 Å². The Hall–Kier alpha value is -3.27. The van der Waals surface area contributed by atoms with Crippen molar-refractivity contribution in [1.82, 2.24) is 4.90 Å². The first-order chi connectivity index (χ1) is 17.8. The highest BCUT2D eigenvalue weighted by Crippen LogP contribution is 2.37. The Morgan fingerprint density at radius 1 is 1.05 bits per heavy atom. The number of carbonyl (C=O) groups is 1. The highest BCUT2D eigenvalue weighted by atomic mass is 32.2. The van der Waals surface area contributed by atoms with Gasteiger partial charge in [-0.05, 0) is 35.9 Å². The fourth-order valence-corrected chi connectivity index (χ4v) is 6.18. The number of nitrogens with zero attached hydrogens (tertiary/aromatic N) is 2. The van der Waals surface area contributed by atoms with Crippen molar-refractivity contribution in [3.05, 3.63) is 89.2 Å². The summed E-state index contributed by atoms with van der Waals surface area (Å²) in [6, 6.07) is 18.4. The molecule has 2 aliphatic heterocycles. The number of epoxide rings is 1. The summed E-state index contributed by atoms with van der Waals surface area (Å²) < 4.78 is 45.0. The number of nitrogens with two attached hydrogens (primary N) is 1. The van der Waals surface area contributed by atoms with E-state index in [1.807, 2.05) is 29.2 Å². The van der Waals surface area contributed by atoms with E-state index in [1.165, 1.54) is 6.07 Å². The second-order valence-corrected chi connectivity index (χ2v) is 11.6. The average molecular weight is 524 g/mol. The predicted molar refractivity (Wildman–Crippen MR) is 141 cm³/mol. The third kappa shape index (κ3) is 5.25. The van der Waals surface area contributed by atoms with E-state index in [1.54, 1.807) is 37.3 Å². The summed E-state index contributed by atoms with van der Waals surface area (Å²) in [5.41, 5.74) is 9.04. The van der Waals surface area contributed by atoms with E-state index in [0.29, 0.717) is 55.3 Å². The molecule has 5 rings (SSSR count). The van der Waals surface area contributed by atoms with Gasteiger partial charge in [-0.15, -0.1) is 0 Å². The SMILES string of the molecule is CCS(=O)(=O)c1cc(F)ccc1N1CCN(C(c2ccccc2C(=O)c2cccc(N)c2)C2CO2)CC1. The van der Waals surface area contributed by atoms with Crippen molar-refractivity contribution in [2.75, 3.05) is 49.2 Å². The van der Waals surface area contributed by atoms with Gasteiger partial charge in [0.25, 0.3) is 0 Å². The first-order valence-corrected chi connectivity index (χ1v) is 14.1. The normalized spacial score (nSPS) is 19.0. The maximum absolute atomic E-state index is 13.9. The van der Waals surface area contributed by atoms with Crippen LogP contribution in [0.5, 0.6) is 0 Å². The molecule has 7 nitrogen and oxygen atoms in total. The Bertz CT molecular complexity index is 1420. The molecular weight excluding hydrogens is 493 g/mol. The zero-order valence-electron chi connectivity index (χ0n) is 20.6. The molecule has 2 N–H and O–H groups in total. The number of anilines is 2. The fourth-order valence-electron chi connectivity index (χ4n) is 5.06. The van der Waals surface area contributed by atoms with Crippen molar-refractivity contribution in [1.29, 1.82) is 0 Å². The Morgan fingerprint density at radius 3 is 2.46 bits per heavy atom. The number of hydrogen-bond donors (Lipinski definition) is 1. The molecule has 37 heavy (non-hydrogen) atoms. The number of benzene rings is 3. The largest absolute Gasteiger partial charge is 0.399 e. The van der Waals surface area contributed by atoms with Gasteiger partial charge in [-0.1, -0.05) is 43.3 Å². The first kappa shape index (κ1) is 25.4. The Kier molecular flexibility index (Phi) is 7.02. The van der Waals surface area contributed by atoms with Gasteiger partial charge in [0.2, 0.25) is 0 Å². The molecule has 2 heterocycles. The van der Waals surface area contributed by atoms with Crippen LogP contribution in [-0.2, 0) is 14.6 Å². The fraction of sp³-hybridized carbons (Fsp3) is 0.321. The van der Waals surface area contributed by atoms with Crippen LogP contribution in [0.15, 0.2) is 71.6 Å². The third-order valence-corrected chi connectivity index (χ3v) is 8.83. The summed E-state index contributed by atoms with van der Waals surface area (Å²) in [6.07, 6.45) is -0.0248. The van der Waals surface area contributed by atoms with Crippen molar-refractivity contribution in [3.8, 4) is 0 Å². The zero-order valence-corrected chi connectivity index (χ0v) is 21.5. The smallest absolute Gasteiger partial charge is 0.193 e. The number of halogens is 1. The molecule has 194 valence electrons. The standard InChI is InChI=1S/C28H30FN3O4S/c1-2-37(34,35)26-17-20(29)10-11-24(26)31-12-14-32(15-13-31)27(25-18-36-25)22-8-3-4-9-23(22)28(33)19-6-5-7-21(30)16-19/h3-11,16-17,25,27H,2,12-15,18,30H2,1H3. The molecule has 2 fully saturated rings. The number of nitrogen functional groups attached to an aromatic ring is 1. The van der Waals surface area contributed by atoms with Gasteiger partial charge in [0, 0.05) is 43.0 Å². The molecule has 2 aliphatic rings. The molecule has 0 aliphatic carbocycles. The lowest BCUT2D eigenvalue weighted by Gasteiger charge is -2.40. The van der Waals surface area contributed by atoms with Crippen LogP contribution in [0.2, 0.25) is 0 Å². The summed E-state index contributed by atoms with van der Waals surface area (Å²) in [4.78, 5) is 17.8. The molecular formula is C28H30FN3O4S. The molecule has 2 saturated heterocycles. The van der Waals surface area contributed by atoms with Crippen LogP contribution in [0.1, 0.15) is 34.5 Å². The van der Waals surface area contributed by atoms with E-state index >= 15 is 0 Å². The van der Waals surface area contributed by atoms with Gasteiger partial charge in [0.15, 0.2) is 15.6 Å². The predicted octanol–water partition coefficient (Wildman–Crippen LogP) is 3.69. The van der Waals surface area contributed by atoms with Crippen LogP contribution in [-0.4, -0.2) is 63.7 Å². The second-order valence-electron chi connectivity index (χ2n) is 9.40. The molecule has 0 spiro atoms. The second kappa shape index (κ2) is 10.2. The summed E-state index contributed by atoms with van der Waals surface area (Å²) >= 11 is 0. The van der Waals surface area contributed by atoms with Gasteiger partial charge in [0.1, 0.15) is 11.9 Å². The summed E-state index contributed by atoms with van der Waals surface area (Å²) in [6.45, 7) is 4.56. The molecule has 2 atom stereocenters. The Morgan fingerprint density at radius 2 is 1.78 bits per heavy atom. The molecule has 0 saturated carbocycles. The first-order valence-electron chi connectivity index (χ1n) is 12.4. The molecule has 0 amide bonds. The molecule has 3 aromatic carbocycles. The topological polar surface area (TPSA) is 96.2 Å². The van der Waals surface area contributed by atoms with Crippen molar-refractivity contribution in [3.63, 3.8) is 0 Å². The Balaban J connectivity index is 1.40. The number of hydrogen-bond acceptors (Lipinski definition) is 7. The minimum Gasteiger partial charge on any atom is -0.399 e. The van der Waals surface area contributed by atoms with Crippen LogP contribution in [0, 0.1) is 5.82 Å². The molecule has 0 bridgehead atoms. The lowest BCUT2D eigenvalue weighted by atomic mass is 9.91. The minimum absolute atomic E-state index is 0.0248. The maximum Gasteiger partial charge on any atom is 0.193 e. The summed E-state index contributed by atoms with van der Waals surface area (Å²) in [5, 5.41) is 0. The number of rotatable bonds is 8. The highest BCUT2D eigenvalue weighted by Gasteiger charge is 2.41. The molecule has 0 radical (unpaired) electrons. The van der Waals surface area contributed by atoms with Gasteiger partial charge in [-0.2, -0.15) is 0 Å². The van der Waals surface area contributed by atoms with E-state index in [9.17, 15) is 17.6 Å². The monoisotopic (exact) mass is 523 g/mol. The number of ether oxygens (including phenoxy) is 1. The average Bonchev–Trinajstić information content (AvgIpc) is 3.74. The van der Waals surface area contributed by atoms with E-state index in [2.05, 4.69) is 4.90 Å². The van der Waals surface area contributed by atoms with E-state index in [0.717, 1.165) is 11.6 Å². The van der Waals surface area contributed by atoms with Crippen molar-refractivity contribution in [2.24, 2.45) is 0 Å². The van der Waals surface area contributed by atoms with Crippen molar-refractivity contribution in [2.45, 2.75) is 24.0 Å². The molecule has 3 aromatic rings. The van der Waals surface area contributed by atoms with Gasteiger partial charge in [-0.3, -0.25) is 9.69 Å². The number of ketones is 1. The zero-order chi connectivity index (χ0) is 26.2. The Labute approximate surface area is 216 Å². The van der Waals surface area contributed by atoms with E-state index < -0.39 is 15.7 Å². The summed E-state index contributed by atoms with van der Waals surface area (Å²) in [7, 11) is -3.58. The van der Waals surface area contributed by atoms with Gasteiger partial charge in [0.05, 0.1) is 29.0 Å².